The van der Waals surface area contributed by atoms with Crippen LogP contribution in [0, 0.1) is 0 Å². The second-order valence-electron chi connectivity index (χ2n) is 7.34. The molecule has 0 aliphatic rings. The summed E-state index contributed by atoms with van der Waals surface area (Å²) in [6, 6.07) is 12.8. The molecule has 2 rings (SSSR count). The maximum atomic E-state index is 3.62. The molecule has 4 heteroatoms. The van der Waals surface area contributed by atoms with E-state index in [1.165, 1.54) is 55.5 Å². The van der Waals surface area contributed by atoms with Crippen LogP contribution in [0.15, 0.2) is 54.9 Å². The molecule has 0 fully saturated rings. The average Bonchev–Trinajstić information content (AvgIpc) is 2.73. The summed E-state index contributed by atoms with van der Waals surface area (Å²) in [5.74, 6) is 0. The first-order valence-corrected chi connectivity index (χ1v) is 11.1. The summed E-state index contributed by atoms with van der Waals surface area (Å²) in [4.78, 5) is 0. The number of benzene rings is 1. The van der Waals surface area contributed by atoms with Crippen LogP contribution in [0.25, 0.3) is 6.08 Å². The van der Waals surface area contributed by atoms with Gasteiger partial charge >= 0.3 is 0 Å². The molecule has 3 nitrogen and oxygen atoms in total. The summed E-state index contributed by atoms with van der Waals surface area (Å²) in [6.45, 7) is 7.62. The number of aryl methyl sites for hydroxylation is 1. The van der Waals surface area contributed by atoms with Crippen molar-refractivity contribution in [2.75, 3.05) is 23.7 Å². The topological polar surface area (TPSA) is 27.9 Å². The van der Waals surface area contributed by atoms with Crippen molar-refractivity contribution < 1.29 is 28.5 Å². The number of rotatable bonds is 14. The number of aromatic nitrogens is 1. The molecule has 1 aromatic heterocycles. The molecule has 0 unspecified atom stereocenters. The van der Waals surface area contributed by atoms with Crippen molar-refractivity contribution in [2.24, 2.45) is 0 Å². The Morgan fingerprint density at radius 3 is 2.00 bits per heavy atom. The van der Waals surface area contributed by atoms with Gasteiger partial charge in [-0.15, -0.1) is 0 Å². The molecular formula is C25H38IN3. The number of unbranched alkanes of at least 4 members (excludes halogenated alkanes) is 4. The highest BCUT2D eigenvalue weighted by atomic mass is 127. The van der Waals surface area contributed by atoms with Crippen LogP contribution in [0.4, 0.5) is 11.4 Å². The Morgan fingerprint density at radius 1 is 0.793 bits per heavy atom. The molecular weight excluding hydrogens is 469 g/mol. The molecule has 0 aliphatic heterocycles. The molecule has 2 aromatic rings. The molecule has 2 N–H and O–H groups in total. The predicted molar refractivity (Wildman–Crippen MR) is 123 cm³/mol. The van der Waals surface area contributed by atoms with Crippen molar-refractivity contribution in [3.8, 4) is 0 Å². The number of hydrogen-bond acceptors (Lipinski definition) is 2. The van der Waals surface area contributed by atoms with Gasteiger partial charge in [0.1, 0.15) is 6.54 Å². The first kappa shape index (κ1) is 25.5. The summed E-state index contributed by atoms with van der Waals surface area (Å²) in [5.41, 5.74) is 3.78. The Morgan fingerprint density at radius 2 is 1.41 bits per heavy atom. The van der Waals surface area contributed by atoms with Gasteiger partial charge in [-0.05, 0) is 37.8 Å². The standard InChI is InChI=1S/C25H38N3.HI/c1-3-5-18-26-24-16-14-17-25(27-19-6-4-2)23(24)15-10-7-8-11-20-28-21-12-9-13-22-28;/h9-10,12-17,21-22,26-27H,3-8,11,18-20H2,1-2H3;1H/q+1;/p-1. The van der Waals surface area contributed by atoms with Crippen molar-refractivity contribution in [1.29, 1.82) is 0 Å². The maximum Gasteiger partial charge on any atom is 0.168 e. The average molecular weight is 508 g/mol. The van der Waals surface area contributed by atoms with E-state index in [0.717, 1.165) is 26.1 Å². The van der Waals surface area contributed by atoms with Gasteiger partial charge in [0.05, 0.1) is 0 Å². The third-order valence-electron chi connectivity index (χ3n) is 4.90. The van der Waals surface area contributed by atoms with Gasteiger partial charge in [-0.25, -0.2) is 4.57 Å². The Bertz CT molecular complexity index is 657. The second kappa shape index (κ2) is 16.3. The fraction of sp³-hybridized carbons (Fsp3) is 0.480. The van der Waals surface area contributed by atoms with Crippen molar-refractivity contribution in [3.63, 3.8) is 0 Å². The number of halogens is 1. The van der Waals surface area contributed by atoms with E-state index in [1.807, 2.05) is 0 Å². The third-order valence-corrected chi connectivity index (χ3v) is 4.90. The number of hydrogen-bond donors (Lipinski definition) is 2. The molecule has 1 heterocycles. The molecule has 160 valence electrons. The van der Waals surface area contributed by atoms with Gasteiger partial charge in [0.2, 0.25) is 0 Å². The Kier molecular flexibility index (Phi) is 14.3. The second-order valence-corrected chi connectivity index (χ2v) is 7.34. The number of nitrogens with one attached hydrogen (secondary N) is 2. The lowest BCUT2D eigenvalue weighted by Gasteiger charge is -2.15. The summed E-state index contributed by atoms with van der Waals surface area (Å²) in [5, 5.41) is 7.25. The van der Waals surface area contributed by atoms with E-state index < -0.39 is 0 Å². The van der Waals surface area contributed by atoms with Crippen molar-refractivity contribution in [3.05, 3.63) is 60.4 Å². The van der Waals surface area contributed by atoms with E-state index >= 15 is 0 Å². The Labute approximate surface area is 195 Å². The van der Waals surface area contributed by atoms with Crippen molar-refractivity contribution in [2.45, 2.75) is 65.3 Å². The largest absolute Gasteiger partial charge is 1.00 e. The van der Waals surface area contributed by atoms with Crippen LogP contribution in [-0.4, -0.2) is 13.1 Å². The zero-order chi connectivity index (χ0) is 19.9. The highest BCUT2D eigenvalue weighted by Crippen LogP contribution is 2.26. The molecule has 0 radical (unpaired) electrons. The number of pyridine rings is 1. The SMILES string of the molecule is CCCCNc1cccc(NCCCC)c1C=CCCCC[n+]1ccccc1.[I-]. The van der Waals surface area contributed by atoms with Crippen LogP contribution < -0.4 is 39.2 Å². The van der Waals surface area contributed by atoms with E-state index in [9.17, 15) is 0 Å². The van der Waals surface area contributed by atoms with Crippen molar-refractivity contribution in [1.82, 2.24) is 0 Å². The van der Waals surface area contributed by atoms with E-state index in [0.29, 0.717) is 0 Å². The van der Waals surface area contributed by atoms with Crippen LogP contribution in [0.5, 0.6) is 0 Å². The smallest absolute Gasteiger partial charge is 0.168 e. The molecule has 0 saturated carbocycles. The summed E-state index contributed by atoms with van der Waals surface area (Å²) in [6.07, 6.45) is 17.3. The predicted octanol–water partition coefficient (Wildman–Crippen LogP) is 3.29. The monoisotopic (exact) mass is 507 g/mol. The molecule has 0 spiro atoms. The van der Waals surface area contributed by atoms with Crippen LogP contribution in [0.2, 0.25) is 0 Å². The van der Waals surface area contributed by atoms with Gasteiger partial charge in [-0.2, -0.15) is 0 Å². The Balaban J connectivity index is 0.00000420. The number of allylic oxidation sites excluding steroid dienone is 1. The van der Waals surface area contributed by atoms with E-state index in [4.69, 9.17) is 0 Å². The van der Waals surface area contributed by atoms with Crippen LogP contribution in [-0.2, 0) is 6.54 Å². The zero-order valence-corrected chi connectivity index (χ0v) is 20.3. The van der Waals surface area contributed by atoms with Gasteiger partial charge in [0.25, 0.3) is 0 Å². The fourth-order valence-corrected chi connectivity index (χ4v) is 3.19. The van der Waals surface area contributed by atoms with Crippen LogP contribution >= 0.6 is 0 Å². The molecule has 0 bridgehead atoms. The lowest BCUT2D eigenvalue weighted by Crippen LogP contribution is -3.00. The first-order chi connectivity index (χ1) is 13.8. The molecule has 0 amide bonds. The minimum atomic E-state index is 0. The van der Waals surface area contributed by atoms with Gasteiger partial charge < -0.3 is 34.6 Å². The van der Waals surface area contributed by atoms with E-state index in [2.05, 4.69) is 90.0 Å². The summed E-state index contributed by atoms with van der Waals surface area (Å²) in [7, 11) is 0. The zero-order valence-electron chi connectivity index (χ0n) is 18.2. The lowest BCUT2D eigenvalue weighted by atomic mass is 10.1. The van der Waals surface area contributed by atoms with Crippen LogP contribution in [0.1, 0.15) is 64.4 Å². The quantitative estimate of drug-likeness (QED) is 0.234. The van der Waals surface area contributed by atoms with Gasteiger partial charge in [-0.3, -0.25) is 0 Å². The summed E-state index contributed by atoms with van der Waals surface area (Å²) >= 11 is 0. The third kappa shape index (κ3) is 10.2. The minimum Gasteiger partial charge on any atom is -1.00 e. The lowest BCUT2D eigenvalue weighted by molar-refractivity contribution is -0.697. The van der Waals surface area contributed by atoms with Crippen molar-refractivity contribution >= 4 is 17.5 Å². The molecule has 1 aromatic carbocycles. The van der Waals surface area contributed by atoms with Crippen LogP contribution in [0.3, 0.4) is 0 Å². The molecule has 0 saturated heterocycles. The molecule has 0 aliphatic carbocycles. The highest BCUT2D eigenvalue weighted by molar-refractivity contribution is 5.78. The first-order valence-electron chi connectivity index (χ1n) is 11.1. The van der Waals surface area contributed by atoms with Gasteiger partial charge in [0.15, 0.2) is 12.4 Å². The van der Waals surface area contributed by atoms with E-state index in [1.54, 1.807) is 0 Å². The molecule has 29 heavy (non-hydrogen) atoms. The number of nitrogens with zero attached hydrogens (tertiary/aromatic N) is 1. The highest BCUT2D eigenvalue weighted by Gasteiger charge is 2.05. The minimum absolute atomic E-state index is 0. The molecule has 0 atom stereocenters. The van der Waals surface area contributed by atoms with Gasteiger partial charge in [-0.1, -0.05) is 51.0 Å². The normalized spacial score (nSPS) is 10.7. The summed E-state index contributed by atoms with van der Waals surface area (Å²) < 4.78 is 2.26. The Hall–Kier alpha value is -1.56. The van der Waals surface area contributed by atoms with Gasteiger partial charge in [0, 0.05) is 48.6 Å². The maximum absolute atomic E-state index is 3.62. The fourth-order valence-electron chi connectivity index (χ4n) is 3.19. The van der Waals surface area contributed by atoms with E-state index in [-0.39, 0.29) is 24.0 Å². The number of anilines is 2.